The number of carboxylic acids is 4. The van der Waals surface area contributed by atoms with E-state index in [-0.39, 0.29) is 25.7 Å². The Morgan fingerprint density at radius 1 is 0.394 bits per heavy atom. The molecule has 0 aliphatic rings. The quantitative estimate of drug-likeness (QED) is 0.0970. The summed E-state index contributed by atoms with van der Waals surface area (Å²) in [6.07, 6.45) is 14.6. The molecule has 0 fully saturated rings. The summed E-state index contributed by atoms with van der Waals surface area (Å²) in [5.41, 5.74) is -1.70. The van der Waals surface area contributed by atoms with E-state index in [1.807, 2.05) is 0 Å². The molecule has 0 unspecified atom stereocenters. The number of carboxylic acid groups (broad SMARTS) is 4. The smallest absolute Gasteiger partial charge is 0.321 e. The van der Waals surface area contributed by atoms with Crippen molar-refractivity contribution in [2.24, 2.45) is 5.41 Å². The van der Waals surface area contributed by atoms with Crippen LogP contribution in [0.25, 0.3) is 0 Å². The Bertz CT molecular complexity index is 523. The van der Waals surface area contributed by atoms with Crippen LogP contribution in [0.5, 0.6) is 0 Å². The standard InChI is InChI=1S/C25H44O8/c26-21(27)17-13-9-5-1-3-7-11-15-19-25(23(30)31,24(32)33)20-16-12-8-4-2-6-10-14-18-22(28)29/h1-20H2,(H,26,27)(H,28,29)(H,30,31)(H,32,33). The number of hydrogen-bond acceptors (Lipinski definition) is 4. The van der Waals surface area contributed by atoms with Gasteiger partial charge in [0.15, 0.2) is 5.41 Å². The van der Waals surface area contributed by atoms with E-state index in [2.05, 4.69) is 0 Å². The summed E-state index contributed by atoms with van der Waals surface area (Å²) in [6, 6.07) is 0. The van der Waals surface area contributed by atoms with Gasteiger partial charge in [-0.25, -0.2) is 0 Å². The third kappa shape index (κ3) is 16.2. The van der Waals surface area contributed by atoms with Gasteiger partial charge in [-0.2, -0.15) is 0 Å². The van der Waals surface area contributed by atoms with Crippen molar-refractivity contribution in [1.29, 1.82) is 0 Å². The number of aliphatic carboxylic acids is 4. The molecule has 192 valence electrons. The van der Waals surface area contributed by atoms with Crippen LogP contribution in [0, 0.1) is 5.41 Å². The largest absolute Gasteiger partial charge is 0.481 e. The molecule has 0 aromatic rings. The van der Waals surface area contributed by atoms with Gasteiger partial charge in [0.1, 0.15) is 0 Å². The van der Waals surface area contributed by atoms with E-state index in [1.165, 1.54) is 0 Å². The number of carbonyl (C=O) groups is 4. The van der Waals surface area contributed by atoms with Crippen molar-refractivity contribution in [3.05, 3.63) is 0 Å². The average molecular weight is 473 g/mol. The zero-order valence-corrected chi connectivity index (χ0v) is 20.1. The van der Waals surface area contributed by atoms with Gasteiger partial charge >= 0.3 is 23.9 Å². The highest BCUT2D eigenvalue weighted by atomic mass is 16.4. The molecule has 8 heteroatoms. The van der Waals surface area contributed by atoms with Crippen LogP contribution in [0.15, 0.2) is 0 Å². The molecule has 0 saturated heterocycles. The summed E-state index contributed by atoms with van der Waals surface area (Å²) in [5, 5.41) is 36.5. The fourth-order valence-electron chi connectivity index (χ4n) is 4.17. The van der Waals surface area contributed by atoms with Crippen LogP contribution >= 0.6 is 0 Å². The Kier molecular flexibility index (Phi) is 18.1. The minimum absolute atomic E-state index is 0.153. The van der Waals surface area contributed by atoms with Crippen LogP contribution in [0.4, 0.5) is 0 Å². The molecule has 0 atom stereocenters. The minimum Gasteiger partial charge on any atom is -0.481 e. The maximum atomic E-state index is 11.8. The van der Waals surface area contributed by atoms with E-state index >= 15 is 0 Å². The van der Waals surface area contributed by atoms with Crippen molar-refractivity contribution in [2.75, 3.05) is 0 Å². The highest BCUT2D eigenvalue weighted by molar-refractivity contribution is 5.98. The predicted molar refractivity (Wildman–Crippen MR) is 125 cm³/mol. The van der Waals surface area contributed by atoms with E-state index < -0.39 is 29.3 Å². The van der Waals surface area contributed by atoms with E-state index in [4.69, 9.17) is 10.2 Å². The van der Waals surface area contributed by atoms with Crippen LogP contribution in [-0.4, -0.2) is 44.3 Å². The molecule has 0 spiro atoms. The Morgan fingerprint density at radius 3 is 0.879 bits per heavy atom. The maximum absolute atomic E-state index is 11.8. The summed E-state index contributed by atoms with van der Waals surface area (Å²) in [6.45, 7) is 0. The summed E-state index contributed by atoms with van der Waals surface area (Å²) < 4.78 is 0. The lowest BCUT2D eigenvalue weighted by Crippen LogP contribution is -2.39. The first-order valence-corrected chi connectivity index (χ1v) is 12.6. The summed E-state index contributed by atoms with van der Waals surface area (Å²) >= 11 is 0. The van der Waals surface area contributed by atoms with Crippen molar-refractivity contribution in [1.82, 2.24) is 0 Å². The molecule has 0 aliphatic carbocycles. The first-order valence-electron chi connectivity index (χ1n) is 12.6. The fraction of sp³-hybridized carbons (Fsp3) is 0.840. The van der Waals surface area contributed by atoms with Gasteiger partial charge in [-0.15, -0.1) is 0 Å². The molecule has 0 bridgehead atoms. The summed E-state index contributed by atoms with van der Waals surface area (Å²) in [7, 11) is 0. The van der Waals surface area contributed by atoms with E-state index in [0.717, 1.165) is 77.0 Å². The third-order valence-corrected chi connectivity index (χ3v) is 6.31. The fourth-order valence-corrected chi connectivity index (χ4v) is 4.17. The lowest BCUT2D eigenvalue weighted by atomic mass is 9.78. The molecule has 0 amide bonds. The SMILES string of the molecule is O=C(O)CCCCCCCCCCC(CCCCCCCCCCC(=O)O)(C(=O)O)C(=O)O. The molecular formula is C25H44O8. The molecule has 0 aromatic heterocycles. The average Bonchev–Trinajstić information content (AvgIpc) is 2.73. The summed E-state index contributed by atoms with van der Waals surface area (Å²) in [5.74, 6) is -4.01. The van der Waals surface area contributed by atoms with Crippen LogP contribution in [-0.2, 0) is 19.2 Å². The van der Waals surface area contributed by atoms with Crippen LogP contribution in [0.3, 0.4) is 0 Å². The molecule has 4 N–H and O–H groups in total. The van der Waals surface area contributed by atoms with Gasteiger partial charge in [0.05, 0.1) is 0 Å². The van der Waals surface area contributed by atoms with Crippen LogP contribution in [0.1, 0.15) is 128 Å². The zero-order chi connectivity index (χ0) is 25.0. The molecule has 0 aliphatic heterocycles. The van der Waals surface area contributed by atoms with Crippen molar-refractivity contribution in [3.8, 4) is 0 Å². The molecule has 0 heterocycles. The monoisotopic (exact) mass is 472 g/mol. The second-order valence-electron chi connectivity index (χ2n) is 9.14. The molecule has 0 radical (unpaired) electrons. The maximum Gasteiger partial charge on any atom is 0.321 e. The van der Waals surface area contributed by atoms with Crippen LogP contribution < -0.4 is 0 Å². The Balaban J connectivity index is 4.02. The molecule has 0 saturated carbocycles. The number of rotatable bonds is 24. The molecule has 33 heavy (non-hydrogen) atoms. The number of unbranched alkanes of at least 4 members (excludes halogenated alkanes) is 14. The molecular weight excluding hydrogens is 428 g/mol. The lowest BCUT2D eigenvalue weighted by molar-refractivity contribution is -0.166. The van der Waals surface area contributed by atoms with Gasteiger partial charge in [0.2, 0.25) is 0 Å². The van der Waals surface area contributed by atoms with Crippen molar-refractivity contribution >= 4 is 23.9 Å². The van der Waals surface area contributed by atoms with Crippen molar-refractivity contribution < 1.29 is 39.6 Å². The van der Waals surface area contributed by atoms with Gasteiger partial charge < -0.3 is 20.4 Å². The Morgan fingerprint density at radius 2 is 0.636 bits per heavy atom. The molecule has 8 nitrogen and oxygen atoms in total. The van der Waals surface area contributed by atoms with E-state index in [0.29, 0.717) is 25.7 Å². The second-order valence-corrected chi connectivity index (χ2v) is 9.14. The molecule has 0 aromatic carbocycles. The highest BCUT2D eigenvalue weighted by Gasteiger charge is 2.45. The normalized spacial score (nSPS) is 11.4. The topological polar surface area (TPSA) is 149 Å². The first kappa shape index (κ1) is 30.9. The van der Waals surface area contributed by atoms with E-state index in [9.17, 15) is 29.4 Å². The van der Waals surface area contributed by atoms with Gasteiger partial charge in [-0.05, 0) is 25.7 Å². The van der Waals surface area contributed by atoms with Gasteiger partial charge in [-0.3, -0.25) is 19.2 Å². The van der Waals surface area contributed by atoms with Crippen molar-refractivity contribution in [2.45, 2.75) is 128 Å². The Hall–Kier alpha value is -2.12. The van der Waals surface area contributed by atoms with Crippen molar-refractivity contribution in [3.63, 3.8) is 0 Å². The Labute approximate surface area is 197 Å². The van der Waals surface area contributed by atoms with E-state index in [1.54, 1.807) is 0 Å². The molecule has 0 rings (SSSR count). The predicted octanol–water partition coefficient (Wildman–Crippen LogP) is 6.11. The summed E-state index contributed by atoms with van der Waals surface area (Å²) in [4.78, 5) is 44.6. The minimum atomic E-state index is -1.70. The highest BCUT2D eigenvalue weighted by Crippen LogP contribution is 2.33. The van der Waals surface area contributed by atoms with Gasteiger partial charge in [-0.1, -0.05) is 89.9 Å². The third-order valence-electron chi connectivity index (χ3n) is 6.31. The van der Waals surface area contributed by atoms with Crippen LogP contribution in [0.2, 0.25) is 0 Å². The second kappa shape index (κ2) is 19.4. The zero-order valence-electron chi connectivity index (χ0n) is 20.1. The number of hydrogen-bond donors (Lipinski definition) is 4. The first-order chi connectivity index (χ1) is 15.7. The van der Waals surface area contributed by atoms with Gasteiger partial charge in [0, 0.05) is 12.8 Å². The van der Waals surface area contributed by atoms with Gasteiger partial charge in [0.25, 0.3) is 0 Å². The lowest BCUT2D eigenvalue weighted by Gasteiger charge is -2.25.